The summed E-state index contributed by atoms with van der Waals surface area (Å²) in [6, 6.07) is 2.50. The molecular weight excluding hydrogens is 312 g/mol. The SMILES string of the molecule is CCNc1nn([C@H](CC)C2CCCC2)cc1-c1ncnc2[nH]ccc12. The van der Waals surface area contributed by atoms with Crippen LogP contribution in [0.3, 0.4) is 0 Å². The molecule has 1 aliphatic carbocycles. The first kappa shape index (κ1) is 16.1. The Bertz CT molecular complexity index is 843. The average Bonchev–Trinajstić information content (AvgIpc) is 3.36. The Morgan fingerprint density at radius 3 is 2.88 bits per heavy atom. The quantitative estimate of drug-likeness (QED) is 0.699. The van der Waals surface area contributed by atoms with Gasteiger partial charge in [0.25, 0.3) is 0 Å². The van der Waals surface area contributed by atoms with Crippen LogP contribution in [0.2, 0.25) is 0 Å². The van der Waals surface area contributed by atoms with Crippen molar-refractivity contribution in [1.82, 2.24) is 24.7 Å². The normalized spacial score (nSPS) is 16.6. The second kappa shape index (κ2) is 6.86. The Morgan fingerprint density at radius 2 is 2.12 bits per heavy atom. The first-order valence-corrected chi connectivity index (χ1v) is 9.43. The number of hydrogen-bond donors (Lipinski definition) is 2. The lowest BCUT2D eigenvalue weighted by molar-refractivity contribution is 0.302. The van der Waals surface area contributed by atoms with Crippen LogP contribution >= 0.6 is 0 Å². The number of H-pyrrole nitrogens is 1. The maximum atomic E-state index is 4.92. The van der Waals surface area contributed by atoms with Crippen LogP contribution in [0.1, 0.15) is 52.0 Å². The largest absolute Gasteiger partial charge is 0.368 e. The Labute approximate surface area is 148 Å². The van der Waals surface area contributed by atoms with Crippen molar-refractivity contribution in [2.24, 2.45) is 5.92 Å². The van der Waals surface area contributed by atoms with Crippen LogP contribution in [-0.4, -0.2) is 31.3 Å². The van der Waals surface area contributed by atoms with Crippen LogP contribution in [0.4, 0.5) is 5.82 Å². The van der Waals surface area contributed by atoms with Crippen LogP contribution in [-0.2, 0) is 0 Å². The fraction of sp³-hybridized carbons (Fsp3) is 0.526. The standard InChI is InChI=1S/C19H26N6/c1-3-16(13-7-5-6-8-13)25-11-15(19(24-25)20-4-2)17-14-9-10-21-18(14)23-12-22-17/h9-13,16H,3-8H2,1-2H3,(H,20,24)(H,21,22,23)/t16-/m1/s1. The minimum Gasteiger partial charge on any atom is -0.368 e. The van der Waals surface area contributed by atoms with Gasteiger partial charge in [-0.3, -0.25) is 4.68 Å². The number of fused-ring (bicyclic) bond motifs is 1. The first-order chi connectivity index (χ1) is 12.3. The van der Waals surface area contributed by atoms with E-state index < -0.39 is 0 Å². The zero-order chi connectivity index (χ0) is 17.2. The van der Waals surface area contributed by atoms with E-state index in [9.17, 15) is 0 Å². The Balaban J connectivity index is 1.79. The third-order valence-electron chi connectivity index (χ3n) is 5.39. The van der Waals surface area contributed by atoms with Gasteiger partial charge in [0.15, 0.2) is 5.82 Å². The van der Waals surface area contributed by atoms with Gasteiger partial charge < -0.3 is 10.3 Å². The minimum atomic E-state index is 0.470. The fourth-order valence-electron chi connectivity index (χ4n) is 4.20. The van der Waals surface area contributed by atoms with E-state index in [0.717, 1.165) is 47.0 Å². The molecule has 0 radical (unpaired) electrons. The molecule has 1 aliphatic rings. The molecule has 0 saturated heterocycles. The molecule has 3 aromatic rings. The second-order valence-electron chi connectivity index (χ2n) is 6.88. The summed E-state index contributed by atoms with van der Waals surface area (Å²) < 4.78 is 2.18. The summed E-state index contributed by atoms with van der Waals surface area (Å²) in [5, 5.41) is 9.37. The highest BCUT2D eigenvalue weighted by atomic mass is 15.3. The predicted molar refractivity (Wildman–Crippen MR) is 101 cm³/mol. The predicted octanol–water partition coefficient (Wildman–Crippen LogP) is 4.39. The smallest absolute Gasteiger partial charge is 0.157 e. The molecule has 0 aromatic carbocycles. The van der Waals surface area contributed by atoms with Crippen molar-refractivity contribution in [3.05, 3.63) is 24.8 Å². The number of anilines is 1. The molecule has 132 valence electrons. The molecular formula is C19H26N6. The molecule has 0 bridgehead atoms. The molecule has 1 atom stereocenters. The van der Waals surface area contributed by atoms with Crippen molar-refractivity contribution in [1.29, 1.82) is 0 Å². The van der Waals surface area contributed by atoms with Crippen LogP contribution in [0.15, 0.2) is 24.8 Å². The zero-order valence-electron chi connectivity index (χ0n) is 15.0. The maximum Gasteiger partial charge on any atom is 0.157 e. The van der Waals surface area contributed by atoms with Crippen LogP contribution in [0, 0.1) is 5.92 Å². The highest BCUT2D eigenvalue weighted by Gasteiger charge is 2.27. The van der Waals surface area contributed by atoms with Crippen LogP contribution in [0.25, 0.3) is 22.3 Å². The van der Waals surface area contributed by atoms with E-state index in [0.29, 0.717) is 6.04 Å². The number of aromatic nitrogens is 5. The van der Waals surface area contributed by atoms with E-state index in [-0.39, 0.29) is 0 Å². The van der Waals surface area contributed by atoms with E-state index in [2.05, 4.69) is 45.0 Å². The van der Waals surface area contributed by atoms with Crippen molar-refractivity contribution in [2.45, 2.75) is 52.0 Å². The number of nitrogens with one attached hydrogen (secondary N) is 2. The molecule has 1 fully saturated rings. The van der Waals surface area contributed by atoms with Gasteiger partial charge in [0.2, 0.25) is 0 Å². The van der Waals surface area contributed by atoms with Crippen molar-refractivity contribution < 1.29 is 0 Å². The number of nitrogens with zero attached hydrogens (tertiary/aromatic N) is 4. The van der Waals surface area contributed by atoms with Gasteiger partial charge in [-0.25, -0.2) is 9.97 Å². The first-order valence-electron chi connectivity index (χ1n) is 9.43. The Kier molecular flexibility index (Phi) is 4.42. The summed E-state index contributed by atoms with van der Waals surface area (Å²) in [6.07, 6.45) is 12.2. The molecule has 25 heavy (non-hydrogen) atoms. The highest BCUT2D eigenvalue weighted by Crippen LogP contribution is 2.38. The molecule has 0 unspecified atom stereocenters. The van der Waals surface area contributed by atoms with Gasteiger partial charge in [-0.05, 0) is 38.2 Å². The van der Waals surface area contributed by atoms with Gasteiger partial charge in [-0.1, -0.05) is 19.8 Å². The zero-order valence-corrected chi connectivity index (χ0v) is 15.0. The summed E-state index contributed by atoms with van der Waals surface area (Å²) >= 11 is 0. The summed E-state index contributed by atoms with van der Waals surface area (Å²) in [5.41, 5.74) is 2.86. The number of hydrogen-bond acceptors (Lipinski definition) is 4. The lowest BCUT2D eigenvalue weighted by atomic mass is 9.96. The van der Waals surface area contributed by atoms with E-state index in [1.165, 1.54) is 25.7 Å². The molecule has 0 amide bonds. The summed E-state index contributed by atoms with van der Waals surface area (Å²) in [6.45, 7) is 5.21. The van der Waals surface area contributed by atoms with Gasteiger partial charge in [-0.15, -0.1) is 0 Å². The molecule has 0 aliphatic heterocycles. The van der Waals surface area contributed by atoms with Crippen LogP contribution in [0.5, 0.6) is 0 Å². The van der Waals surface area contributed by atoms with E-state index >= 15 is 0 Å². The lowest BCUT2D eigenvalue weighted by Gasteiger charge is -2.22. The van der Waals surface area contributed by atoms with Gasteiger partial charge in [0.1, 0.15) is 12.0 Å². The van der Waals surface area contributed by atoms with E-state index in [1.54, 1.807) is 6.33 Å². The topological polar surface area (TPSA) is 71.4 Å². The van der Waals surface area contributed by atoms with E-state index in [1.807, 2.05) is 12.3 Å². The van der Waals surface area contributed by atoms with E-state index in [4.69, 9.17) is 5.10 Å². The maximum absolute atomic E-state index is 4.92. The van der Waals surface area contributed by atoms with Crippen molar-refractivity contribution in [2.75, 3.05) is 11.9 Å². The minimum absolute atomic E-state index is 0.470. The Hall–Kier alpha value is -2.37. The molecule has 2 N–H and O–H groups in total. The summed E-state index contributed by atoms with van der Waals surface area (Å²) in [7, 11) is 0. The lowest BCUT2D eigenvalue weighted by Crippen LogP contribution is -2.17. The van der Waals surface area contributed by atoms with Gasteiger partial charge >= 0.3 is 0 Å². The van der Waals surface area contributed by atoms with Crippen molar-refractivity contribution >= 4 is 16.9 Å². The molecule has 6 heteroatoms. The van der Waals surface area contributed by atoms with Gasteiger partial charge in [0, 0.05) is 24.3 Å². The molecule has 4 rings (SSSR count). The monoisotopic (exact) mass is 338 g/mol. The summed E-state index contributed by atoms with van der Waals surface area (Å²) in [4.78, 5) is 12.0. The number of aromatic amines is 1. The fourth-order valence-corrected chi connectivity index (χ4v) is 4.20. The number of rotatable bonds is 6. The summed E-state index contributed by atoms with van der Waals surface area (Å²) in [5.74, 6) is 1.66. The molecule has 1 saturated carbocycles. The third kappa shape index (κ3) is 2.90. The Morgan fingerprint density at radius 1 is 1.28 bits per heavy atom. The average molecular weight is 338 g/mol. The third-order valence-corrected chi connectivity index (χ3v) is 5.39. The highest BCUT2D eigenvalue weighted by molar-refractivity contribution is 5.93. The second-order valence-corrected chi connectivity index (χ2v) is 6.88. The van der Waals surface area contributed by atoms with Crippen molar-refractivity contribution in [3.8, 4) is 11.3 Å². The molecule has 0 spiro atoms. The van der Waals surface area contributed by atoms with Gasteiger partial charge in [-0.2, -0.15) is 5.10 Å². The molecule has 3 heterocycles. The molecule has 6 nitrogen and oxygen atoms in total. The van der Waals surface area contributed by atoms with Crippen LogP contribution < -0.4 is 5.32 Å². The molecule has 3 aromatic heterocycles. The van der Waals surface area contributed by atoms with Crippen molar-refractivity contribution in [3.63, 3.8) is 0 Å². The van der Waals surface area contributed by atoms with Gasteiger partial charge in [0.05, 0.1) is 17.3 Å².